The van der Waals surface area contributed by atoms with Crippen LogP contribution in [0.4, 0.5) is 0 Å². The molecule has 0 aliphatic heterocycles. The van der Waals surface area contributed by atoms with Crippen molar-refractivity contribution in [3.05, 3.63) is 29.3 Å². The Labute approximate surface area is 84.9 Å². The van der Waals surface area contributed by atoms with Crippen LogP contribution in [-0.4, -0.2) is 13.4 Å². The van der Waals surface area contributed by atoms with E-state index in [1.165, 1.54) is 5.56 Å². The Bertz CT molecular complexity index is 318. The number of aldehydes is 1. The maximum Gasteiger partial charge on any atom is 0.153 e. The van der Waals surface area contributed by atoms with E-state index in [1.807, 2.05) is 18.2 Å². The van der Waals surface area contributed by atoms with Crippen molar-refractivity contribution in [3.8, 4) is 5.75 Å². The van der Waals surface area contributed by atoms with E-state index < -0.39 is 0 Å². The molecule has 2 heteroatoms. The van der Waals surface area contributed by atoms with Gasteiger partial charge in [0.25, 0.3) is 0 Å². The molecule has 2 nitrogen and oxygen atoms in total. The van der Waals surface area contributed by atoms with Crippen LogP contribution in [-0.2, 0) is 0 Å². The van der Waals surface area contributed by atoms with Gasteiger partial charge in [-0.25, -0.2) is 0 Å². The number of hydrogen-bond donors (Lipinski definition) is 0. The summed E-state index contributed by atoms with van der Waals surface area (Å²) in [5.41, 5.74) is 1.82. The fourth-order valence-electron chi connectivity index (χ4n) is 1.39. The first-order valence-electron chi connectivity index (χ1n) is 4.86. The van der Waals surface area contributed by atoms with Gasteiger partial charge in [-0.15, -0.1) is 0 Å². The summed E-state index contributed by atoms with van der Waals surface area (Å²) in [5, 5.41) is 0. The lowest BCUT2D eigenvalue weighted by Crippen LogP contribution is -1.96. The first-order chi connectivity index (χ1) is 6.72. The third-order valence-electron chi connectivity index (χ3n) is 2.56. The number of carbonyl (C=O) groups is 1. The lowest BCUT2D eigenvalue weighted by atomic mass is 9.97. The molecular formula is C12H16O2. The minimum Gasteiger partial charge on any atom is -0.496 e. The van der Waals surface area contributed by atoms with Gasteiger partial charge >= 0.3 is 0 Å². The molecule has 0 aliphatic carbocycles. The standard InChI is InChI=1S/C12H16O2/c1-4-9(2)10-5-6-12(14-3)11(7-10)8-13/h5-9H,4H2,1-3H3/t9-/m1/s1. The summed E-state index contributed by atoms with van der Waals surface area (Å²) in [6, 6.07) is 5.77. The molecule has 0 spiro atoms. The smallest absolute Gasteiger partial charge is 0.153 e. The Morgan fingerprint density at radius 3 is 2.71 bits per heavy atom. The van der Waals surface area contributed by atoms with Crippen LogP contribution in [0.1, 0.15) is 42.1 Å². The summed E-state index contributed by atoms with van der Waals surface area (Å²) in [4.78, 5) is 10.8. The van der Waals surface area contributed by atoms with Crippen LogP contribution >= 0.6 is 0 Å². The van der Waals surface area contributed by atoms with Gasteiger partial charge in [-0.2, -0.15) is 0 Å². The molecule has 1 aromatic carbocycles. The molecule has 0 heterocycles. The molecule has 1 aromatic rings. The zero-order chi connectivity index (χ0) is 10.6. The highest BCUT2D eigenvalue weighted by Gasteiger charge is 2.07. The van der Waals surface area contributed by atoms with Crippen molar-refractivity contribution in [1.29, 1.82) is 0 Å². The van der Waals surface area contributed by atoms with Crippen LogP contribution in [0.2, 0.25) is 0 Å². The van der Waals surface area contributed by atoms with Crippen LogP contribution in [0.15, 0.2) is 18.2 Å². The van der Waals surface area contributed by atoms with Crippen molar-refractivity contribution in [3.63, 3.8) is 0 Å². The SMILES string of the molecule is CC[C@@H](C)c1ccc(OC)c(C=O)c1. The molecule has 0 aromatic heterocycles. The van der Waals surface area contributed by atoms with E-state index in [-0.39, 0.29) is 0 Å². The fourth-order valence-corrected chi connectivity index (χ4v) is 1.39. The molecule has 1 rings (SSSR count). The Kier molecular flexibility index (Phi) is 3.69. The number of benzene rings is 1. The predicted molar refractivity (Wildman–Crippen MR) is 57.1 cm³/mol. The molecule has 0 fully saturated rings. The monoisotopic (exact) mass is 192 g/mol. The fraction of sp³-hybridized carbons (Fsp3) is 0.417. The number of ether oxygens (including phenoxy) is 1. The number of carbonyl (C=O) groups excluding carboxylic acids is 1. The first kappa shape index (κ1) is 10.8. The zero-order valence-corrected chi connectivity index (χ0v) is 8.91. The van der Waals surface area contributed by atoms with Gasteiger partial charge in [-0.3, -0.25) is 4.79 Å². The van der Waals surface area contributed by atoms with Crippen LogP contribution in [0.5, 0.6) is 5.75 Å². The maximum absolute atomic E-state index is 10.8. The van der Waals surface area contributed by atoms with Crippen LogP contribution in [0.25, 0.3) is 0 Å². The van der Waals surface area contributed by atoms with Gasteiger partial charge in [0.1, 0.15) is 5.75 Å². The van der Waals surface area contributed by atoms with E-state index in [0.717, 1.165) is 12.7 Å². The van der Waals surface area contributed by atoms with Crippen LogP contribution in [0, 0.1) is 0 Å². The quantitative estimate of drug-likeness (QED) is 0.685. The highest BCUT2D eigenvalue weighted by atomic mass is 16.5. The molecule has 76 valence electrons. The van der Waals surface area contributed by atoms with E-state index in [4.69, 9.17) is 4.74 Å². The van der Waals surface area contributed by atoms with E-state index in [1.54, 1.807) is 7.11 Å². The molecular weight excluding hydrogens is 176 g/mol. The summed E-state index contributed by atoms with van der Waals surface area (Å²) >= 11 is 0. The van der Waals surface area contributed by atoms with Gasteiger partial charge in [-0.1, -0.05) is 19.9 Å². The highest BCUT2D eigenvalue weighted by Crippen LogP contribution is 2.24. The topological polar surface area (TPSA) is 26.3 Å². The molecule has 1 atom stereocenters. The van der Waals surface area contributed by atoms with Gasteiger partial charge < -0.3 is 4.74 Å². The molecule has 0 radical (unpaired) electrons. The third kappa shape index (κ3) is 2.13. The first-order valence-corrected chi connectivity index (χ1v) is 4.86. The van der Waals surface area contributed by atoms with Crippen molar-refractivity contribution < 1.29 is 9.53 Å². The van der Waals surface area contributed by atoms with E-state index in [9.17, 15) is 4.79 Å². The van der Waals surface area contributed by atoms with Crippen molar-refractivity contribution in [1.82, 2.24) is 0 Å². The van der Waals surface area contributed by atoms with Gasteiger partial charge in [-0.05, 0) is 30.0 Å². The van der Waals surface area contributed by atoms with E-state index >= 15 is 0 Å². The van der Waals surface area contributed by atoms with Crippen molar-refractivity contribution in [2.24, 2.45) is 0 Å². The second-order valence-corrected chi connectivity index (χ2v) is 3.43. The van der Waals surface area contributed by atoms with E-state index in [2.05, 4.69) is 13.8 Å². The average molecular weight is 192 g/mol. The molecule has 0 saturated carbocycles. The summed E-state index contributed by atoms with van der Waals surface area (Å²) in [6.45, 7) is 4.28. The molecule has 0 bridgehead atoms. The summed E-state index contributed by atoms with van der Waals surface area (Å²) in [7, 11) is 1.57. The lowest BCUT2D eigenvalue weighted by molar-refractivity contribution is 0.112. The summed E-state index contributed by atoms with van der Waals surface area (Å²) in [6.07, 6.45) is 1.91. The Hall–Kier alpha value is -1.31. The minimum atomic E-state index is 0.486. The van der Waals surface area contributed by atoms with Gasteiger partial charge in [0, 0.05) is 0 Å². The molecule has 0 aliphatic rings. The third-order valence-corrected chi connectivity index (χ3v) is 2.56. The van der Waals surface area contributed by atoms with Crippen LogP contribution < -0.4 is 4.74 Å². The molecule has 0 N–H and O–H groups in total. The second kappa shape index (κ2) is 4.80. The van der Waals surface area contributed by atoms with Crippen molar-refractivity contribution >= 4 is 6.29 Å². The second-order valence-electron chi connectivity index (χ2n) is 3.43. The Morgan fingerprint density at radius 1 is 1.50 bits per heavy atom. The zero-order valence-electron chi connectivity index (χ0n) is 8.91. The Balaban J connectivity index is 3.07. The van der Waals surface area contributed by atoms with E-state index in [0.29, 0.717) is 17.2 Å². The maximum atomic E-state index is 10.8. The largest absolute Gasteiger partial charge is 0.496 e. The average Bonchev–Trinajstić information content (AvgIpc) is 2.26. The number of hydrogen-bond acceptors (Lipinski definition) is 2. The van der Waals surface area contributed by atoms with Gasteiger partial charge in [0.2, 0.25) is 0 Å². The summed E-state index contributed by atoms with van der Waals surface area (Å²) < 4.78 is 5.07. The number of methoxy groups -OCH3 is 1. The molecule has 0 amide bonds. The van der Waals surface area contributed by atoms with Crippen molar-refractivity contribution in [2.75, 3.05) is 7.11 Å². The molecule has 0 saturated heterocycles. The minimum absolute atomic E-state index is 0.486. The Morgan fingerprint density at radius 2 is 2.21 bits per heavy atom. The predicted octanol–water partition coefficient (Wildman–Crippen LogP) is 3.02. The van der Waals surface area contributed by atoms with Gasteiger partial charge in [0.15, 0.2) is 6.29 Å². The van der Waals surface area contributed by atoms with Crippen LogP contribution in [0.3, 0.4) is 0 Å². The number of rotatable bonds is 4. The normalized spacial score (nSPS) is 12.2. The summed E-state index contributed by atoms with van der Waals surface area (Å²) in [5.74, 6) is 1.13. The molecule has 14 heavy (non-hydrogen) atoms. The lowest BCUT2D eigenvalue weighted by Gasteiger charge is -2.11. The van der Waals surface area contributed by atoms with Crippen molar-refractivity contribution in [2.45, 2.75) is 26.2 Å². The highest BCUT2D eigenvalue weighted by molar-refractivity contribution is 5.79. The molecule has 0 unspecified atom stereocenters. The van der Waals surface area contributed by atoms with Gasteiger partial charge in [0.05, 0.1) is 12.7 Å².